The molecule has 0 spiro atoms. The number of fused-ring (bicyclic) bond motifs is 8. The first kappa shape index (κ1) is 20.3. The van der Waals surface area contributed by atoms with Crippen LogP contribution in [0, 0.1) is 0 Å². The van der Waals surface area contributed by atoms with E-state index in [1.807, 2.05) is 54.8 Å². The lowest BCUT2D eigenvalue weighted by Crippen LogP contribution is -1.99. The summed E-state index contributed by atoms with van der Waals surface area (Å²) in [4.78, 5) is 21.2. The van der Waals surface area contributed by atoms with Gasteiger partial charge in [0, 0.05) is 28.3 Å². The van der Waals surface area contributed by atoms with Gasteiger partial charge < -0.3 is 15.7 Å². The lowest BCUT2D eigenvalue weighted by Gasteiger charge is -1.96. The zero-order chi connectivity index (χ0) is 22.9. The number of nitrogens with two attached hydrogens (primary N) is 1. The van der Waals surface area contributed by atoms with Crippen molar-refractivity contribution in [3.8, 4) is 11.3 Å². The van der Waals surface area contributed by atoms with Crippen LogP contribution < -0.4 is 5.73 Å². The maximum atomic E-state index is 5.81. The topological polar surface area (TPSA) is 96.3 Å². The highest BCUT2D eigenvalue weighted by molar-refractivity contribution is 5.87. The summed E-state index contributed by atoms with van der Waals surface area (Å²) in [5.41, 5.74) is 16.6. The summed E-state index contributed by atoms with van der Waals surface area (Å²) < 4.78 is 0. The van der Waals surface area contributed by atoms with E-state index in [-0.39, 0.29) is 0 Å². The minimum Gasteiger partial charge on any atom is -0.355 e. The van der Waals surface area contributed by atoms with Gasteiger partial charge in [0.25, 0.3) is 0 Å². The summed E-state index contributed by atoms with van der Waals surface area (Å²) in [6, 6.07) is 18.6. The molecule has 0 atom stereocenters. The van der Waals surface area contributed by atoms with Gasteiger partial charge in [-0.25, -0.2) is 9.97 Å². The van der Waals surface area contributed by atoms with Gasteiger partial charge in [0.15, 0.2) is 0 Å². The van der Waals surface area contributed by atoms with Crippen molar-refractivity contribution in [1.82, 2.24) is 24.9 Å². The zero-order valence-electron chi connectivity index (χ0n) is 18.6. The van der Waals surface area contributed by atoms with E-state index >= 15 is 0 Å². The molecule has 2 aliphatic rings. The molecule has 4 aromatic rings. The Kier molecular flexibility index (Phi) is 5.13. The van der Waals surface area contributed by atoms with Crippen molar-refractivity contribution in [2.24, 2.45) is 5.73 Å². The second kappa shape index (κ2) is 8.57. The molecule has 0 radical (unpaired) electrons. The Morgan fingerprint density at radius 1 is 0.706 bits per heavy atom. The molecule has 0 amide bonds. The molecule has 4 aromatic heterocycles. The van der Waals surface area contributed by atoms with Crippen LogP contribution in [0.25, 0.3) is 57.6 Å². The van der Waals surface area contributed by atoms with Crippen molar-refractivity contribution < 1.29 is 0 Å². The smallest absolute Gasteiger partial charge is 0.0723 e. The number of rotatable bonds is 4. The van der Waals surface area contributed by atoms with E-state index in [0.717, 1.165) is 68.9 Å². The minimum absolute atomic E-state index is 0.660. The lowest BCUT2D eigenvalue weighted by atomic mass is 10.1. The maximum absolute atomic E-state index is 5.81. The van der Waals surface area contributed by atoms with E-state index in [0.29, 0.717) is 6.54 Å². The highest BCUT2D eigenvalue weighted by atomic mass is 14.8. The Morgan fingerprint density at radius 3 is 2.15 bits per heavy atom. The highest BCUT2D eigenvalue weighted by Gasteiger charge is 2.08. The van der Waals surface area contributed by atoms with Gasteiger partial charge >= 0.3 is 0 Å². The van der Waals surface area contributed by atoms with Gasteiger partial charge in [-0.2, -0.15) is 0 Å². The molecule has 6 rings (SSSR count). The van der Waals surface area contributed by atoms with Crippen LogP contribution in [-0.4, -0.2) is 31.5 Å². The van der Waals surface area contributed by atoms with E-state index in [2.05, 4.69) is 45.3 Å². The SMILES string of the molecule is NCCCc1cc2cc3nc(cc4nc(cc5[nH]c(cc5-c5ccccn5)cc1[nH]2)C=C4)C=C3. The van der Waals surface area contributed by atoms with E-state index in [1.54, 1.807) is 0 Å². The second-order valence-corrected chi connectivity index (χ2v) is 8.49. The summed E-state index contributed by atoms with van der Waals surface area (Å²) in [5, 5.41) is 0. The van der Waals surface area contributed by atoms with Crippen LogP contribution in [0.4, 0.5) is 0 Å². The minimum atomic E-state index is 0.660. The van der Waals surface area contributed by atoms with E-state index in [9.17, 15) is 0 Å². The first-order valence-electron chi connectivity index (χ1n) is 11.5. The van der Waals surface area contributed by atoms with E-state index in [4.69, 9.17) is 15.7 Å². The summed E-state index contributed by atoms with van der Waals surface area (Å²) in [7, 11) is 0. The monoisotopic (exact) mass is 444 g/mol. The predicted octanol–water partition coefficient (Wildman–Crippen LogP) is 5.61. The molecule has 0 unspecified atom stereocenters. The van der Waals surface area contributed by atoms with Gasteiger partial charge in [0.1, 0.15) is 0 Å². The molecule has 0 saturated carbocycles. The molecule has 6 heterocycles. The Bertz CT molecular complexity index is 1590. The van der Waals surface area contributed by atoms with Crippen LogP contribution in [0.5, 0.6) is 0 Å². The van der Waals surface area contributed by atoms with Gasteiger partial charge in [0.05, 0.1) is 34.0 Å². The van der Waals surface area contributed by atoms with Gasteiger partial charge in [-0.3, -0.25) is 4.98 Å². The fraction of sp³-hybridized carbons (Fsp3) is 0.107. The molecular weight excluding hydrogens is 420 g/mol. The van der Waals surface area contributed by atoms with Crippen molar-refractivity contribution in [1.29, 1.82) is 0 Å². The number of hydrogen-bond donors (Lipinski definition) is 3. The van der Waals surface area contributed by atoms with Crippen LogP contribution in [0.2, 0.25) is 0 Å². The molecule has 4 N–H and O–H groups in total. The Morgan fingerprint density at radius 2 is 1.41 bits per heavy atom. The van der Waals surface area contributed by atoms with Crippen LogP contribution in [0.1, 0.15) is 34.8 Å². The number of H-pyrrole nitrogens is 2. The van der Waals surface area contributed by atoms with Crippen LogP contribution in [-0.2, 0) is 6.42 Å². The van der Waals surface area contributed by atoms with Crippen molar-refractivity contribution in [3.63, 3.8) is 0 Å². The number of nitrogens with zero attached hydrogens (tertiary/aromatic N) is 3. The van der Waals surface area contributed by atoms with E-state index < -0.39 is 0 Å². The standard InChI is InChI=1S/C28H24N6/c29-10-3-4-18-12-23-14-21-7-6-19(31-21)13-20-8-9-22(32-20)16-28-25(26-5-1-2-11-30-26)15-24(34-28)17-27(18)33-23/h1-2,5-9,11-17,33-34H,3-4,10,29H2. The Labute approximate surface area is 197 Å². The predicted molar refractivity (Wildman–Crippen MR) is 139 cm³/mol. The molecule has 0 saturated heterocycles. The van der Waals surface area contributed by atoms with Crippen LogP contribution in [0.3, 0.4) is 0 Å². The van der Waals surface area contributed by atoms with Crippen molar-refractivity contribution in [2.45, 2.75) is 12.8 Å². The molecular formula is C28H24N6. The fourth-order valence-corrected chi connectivity index (χ4v) is 4.39. The van der Waals surface area contributed by atoms with Crippen molar-refractivity contribution in [2.75, 3.05) is 6.54 Å². The van der Waals surface area contributed by atoms with E-state index in [1.165, 1.54) is 5.56 Å². The number of aromatic amines is 2. The normalized spacial score (nSPS) is 12.4. The third kappa shape index (κ3) is 4.07. The van der Waals surface area contributed by atoms with Gasteiger partial charge in [-0.05, 0) is 97.8 Å². The molecule has 2 aliphatic heterocycles. The number of hydrogen-bond acceptors (Lipinski definition) is 4. The lowest BCUT2D eigenvalue weighted by molar-refractivity contribution is 0.838. The fourth-order valence-electron chi connectivity index (χ4n) is 4.39. The number of aryl methyl sites for hydroxylation is 1. The Balaban J connectivity index is 1.67. The average Bonchev–Trinajstić information content (AvgIpc) is 3.63. The van der Waals surface area contributed by atoms with Crippen LogP contribution >= 0.6 is 0 Å². The first-order valence-corrected chi connectivity index (χ1v) is 11.5. The number of pyridine rings is 1. The molecule has 8 bridgehead atoms. The molecule has 0 fully saturated rings. The summed E-state index contributed by atoms with van der Waals surface area (Å²) in [5.74, 6) is 0. The molecule has 34 heavy (non-hydrogen) atoms. The van der Waals surface area contributed by atoms with Crippen molar-refractivity contribution >= 4 is 46.4 Å². The largest absolute Gasteiger partial charge is 0.355 e. The van der Waals surface area contributed by atoms with Crippen LogP contribution in [0.15, 0.2) is 60.8 Å². The molecule has 6 nitrogen and oxygen atoms in total. The summed E-state index contributed by atoms with van der Waals surface area (Å²) in [6.45, 7) is 0.660. The molecule has 166 valence electrons. The molecule has 0 aromatic carbocycles. The first-order chi connectivity index (χ1) is 16.7. The number of nitrogens with one attached hydrogen (secondary N) is 2. The summed E-state index contributed by atoms with van der Waals surface area (Å²) >= 11 is 0. The molecule has 6 heteroatoms. The number of aromatic nitrogens is 5. The Hall–Kier alpha value is -4.29. The third-order valence-corrected chi connectivity index (χ3v) is 5.97. The quantitative estimate of drug-likeness (QED) is 0.329. The average molecular weight is 445 g/mol. The summed E-state index contributed by atoms with van der Waals surface area (Å²) in [6.07, 6.45) is 11.7. The second-order valence-electron chi connectivity index (χ2n) is 8.49. The van der Waals surface area contributed by atoms with Crippen molar-refractivity contribution in [3.05, 3.63) is 89.1 Å². The third-order valence-electron chi connectivity index (χ3n) is 5.97. The van der Waals surface area contributed by atoms with Gasteiger partial charge in [-0.15, -0.1) is 0 Å². The zero-order valence-corrected chi connectivity index (χ0v) is 18.6. The van der Waals surface area contributed by atoms with Gasteiger partial charge in [-0.1, -0.05) is 6.07 Å². The van der Waals surface area contributed by atoms with Gasteiger partial charge in [0.2, 0.25) is 0 Å². The maximum Gasteiger partial charge on any atom is 0.0723 e. The molecule has 0 aliphatic carbocycles. The highest BCUT2D eigenvalue weighted by Crippen LogP contribution is 2.27.